The fourth-order valence-electron chi connectivity index (χ4n) is 0. The number of hydrogen-bond donors (Lipinski definition) is 1. The summed E-state index contributed by atoms with van der Waals surface area (Å²) in [6.45, 7) is 5.31. The van der Waals surface area contributed by atoms with Gasteiger partial charge in [-0.2, -0.15) is 0 Å². The second kappa shape index (κ2) is 6.34. The maximum atomic E-state index is 8.04. The molecular formula is C4H9KO. The number of rotatable bonds is 1. The van der Waals surface area contributed by atoms with E-state index in [1.807, 2.05) is 0 Å². The van der Waals surface area contributed by atoms with Gasteiger partial charge in [0.1, 0.15) is 0 Å². The van der Waals surface area contributed by atoms with Crippen LogP contribution in [0, 0.1) is 0 Å². The summed E-state index contributed by atoms with van der Waals surface area (Å²) in [5.41, 5.74) is 0.810. The molecule has 32 valence electrons. The van der Waals surface area contributed by atoms with Crippen LogP contribution >= 0.6 is 0 Å². The fourth-order valence-corrected chi connectivity index (χ4v) is 0. The molecule has 0 amide bonds. The average Bonchev–Trinajstić information content (AvgIpc) is 1.38. The predicted octanol–water partition coefficient (Wildman–Crippen LogP) is -0.0937. The van der Waals surface area contributed by atoms with Crippen LogP contribution in [0.25, 0.3) is 0 Å². The molecule has 0 aromatic heterocycles. The summed E-state index contributed by atoms with van der Waals surface area (Å²) in [5.74, 6) is 0. The molecule has 0 heterocycles. The fraction of sp³-hybridized carbons (Fsp3) is 0.500. The first kappa shape index (κ1) is 10.3. The van der Waals surface area contributed by atoms with Crippen LogP contribution in [0.2, 0.25) is 0 Å². The average molecular weight is 112 g/mol. The monoisotopic (exact) mass is 112 g/mol. The zero-order valence-electron chi connectivity index (χ0n) is 3.36. The molecular weight excluding hydrogens is 103 g/mol. The van der Waals surface area contributed by atoms with Gasteiger partial charge in [-0.3, -0.25) is 0 Å². The zero-order valence-corrected chi connectivity index (χ0v) is 3.36. The summed E-state index contributed by atoms with van der Waals surface area (Å²) in [4.78, 5) is 0. The summed E-state index contributed by atoms with van der Waals surface area (Å²) in [5, 5.41) is 8.04. The van der Waals surface area contributed by atoms with E-state index in [2.05, 4.69) is 6.58 Å². The Hall–Kier alpha value is 1.34. The molecule has 6 heavy (non-hydrogen) atoms. The molecule has 0 aliphatic heterocycles. The summed E-state index contributed by atoms with van der Waals surface area (Å²) in [7, 11) is 0. The van der Waals surface area contributed by atoms with Gasteiger partial charge in [-0.1, -0.05) is 12.2 Å². The molecule has 0 aromatic rings. The van der Waals surface area contributed by atoms with Crippen molar-refractivity contribution >= 4 is 51.4 Å². The first-order chi connectivity index (χ1) is 2.27. The zero-order chi connectivity index (χ0) is 4.28. The summed E-state index contributed by atoms with van der Waals surface area (Å²) >= 11 is 0. The van der Waals surface area contributed by atoms with Gasteiger partial charge in [0.2, 0.25) is 0 Å². The van der Waals surface area contributed by atoms with Crippen molar-refractivity contribution in [3.63, 3.8) is 0 Å². The second-order valence-electron chi connectivity index (χ2n) is 1.12. The molecule has 0 radical (unpaired) electrons. The van der Waals surface area contributed by atoms with Gasteiger partial charge in [0.25, 0.3) is 0 Å². The van der Waals surface area contributed by atoms with Crippen LogP contribution < -0.4 is 0 Å². The van der Waals surface area contributed by atoms with E-state index in [1.165, 1.54) is 0 Å². The standard InChI is InChI=1S/C4H8O.K.H/c1-4(2)3-5;;/h5H,1,3H2,2H3;;. The molecule has 0 atom stereocenters. The minimum atomic E-state index is 0. The quantitative estimate of drug-likeness (QED) is 0.371. The van der Waals surface area contributed by atoms with Crippen LogP contribution in [0.1, 0.15) is 6.92 Å². The normalized spacial score (nSPS) is 6.33. The first-order valence-corrected chi connectivity index (χ1v) is 1.52. The van der Waals surface area contributed by atoms with E-state index in [-0.39, 0.29) is 58.0 Å². The van der Waals surface area contributed by atoms with Gasteiger partial charge in [-0.25, -0.2) is 0 Å². The van der Waals surface area contributed by atoms with Crippen molar-refractivity contribution in [2.75, 3.05) is 6.61 Å². The van der Waals surface area contributed by atoms with Crippen LogP contribution in [-0.2, 0) is 0 Å². The summed E-state index contributed by atoms with van der Waals surface area (Å²) in [6, 6.07) is 0. The molecule has 0 spiro atoms. The van der Waals surface area contributed by atoms with E-state index < -0.39 is 0 Å². The Kier molecular flexibility index (Phi) is 10.9. The Bertz CT molecular complexity index is 42.8. The number of hydrogen-bond acceptors (Lipinski definition) is 1. The van der Waals surface area contributed by atoms with Crippen molar-refractivity contribution in [2.24, 2.45) is 0 Å². The van der Waals surface area contributed by atoms with Crippen LogP contribution in [0.4, 0.5) is 0 Å². The van der Waals surface area contributed by atoms with Crippen LogP contribution in [0.15, 0.2) is 12.2 Å². The summed E-state index contributed by atoms with van der Waals surface area (Å²) < 4.78 is 0. The number of aliphatic hydroxyl groups excluding tert-OH is 1. The van der Waals surface area contributed by atoms with Crippen LogP contribution in [0.3, 0.4) is 0 Å². The Morgan fingerprint density at radius 2 is 2.00 bits per heavy atom. The van der Waals surface area contributed by atoms with Gasteiger partial charge < -0.3 is 5.11 Å². The molecule has 0 aromatic carbocycles. The maximum absolute atomic E-state index is 8.04. The molecule has 0 aliphatic carbocycles. The van der Waals surface area contributed by atoms with E-state index in [9.17, 15) is 0 Å². The van der Waals surface area contributed by atoms with E-state index in [1.54, 1.807) is 6.92 Å². The third-order valence-corrected chi connectivity index (χ3v) is 0.270. The van der Waals surface area contributed by atoms with E-state index in [4.69, 9.17) is 5.11 Å². The van der Waals surface area contributed by atoms with Crippen molar-refractivity contribution in [3.8, 4) is 0 Å². The Balaban J connectivity index is 0. The predicted molar refractivity (Wildman–Crippen MR) is 29.0 cm³/mol. The summed E-state index contributed by atoms with van der Waals surface area (Å²) in [6.07, 6.45) is 0. The van der Waals surface area contributed by atoms with E-state index in [0.717, 1.165) is 5.57 Å². The Morgan fingerprint density at radius 1 is 1.83 bits per heavy atom. The Labute approximate surface area is 80.9 Å². The molecule has 0 aliphatic rings. The van der Waals surface area contributed by atoms with Crippen molar-refractivity contribution in [1.29, 1.82) is 0 Å². The third-order valence-electron chi connectivity index (χ3n) is 0.270. The van der Waals surface area contributed by atoms with Crippen molar-refractivity contribution in [1.82, 2.24) is 0 Å². The molecule has 1 N–H and O–H groups in total. The molecule has 0 fully saturated rings. The minimum absolute atomic E-state index is 0. The molecule has 0 saturated carbocycles. The van der Waals surface area contributed by atoms with E-state index in [0.29, 0.717) is 0 Å². The first-order valence-electron chi connectivity index (χ1n) is 1.52. The second-order valence-corrected chi connectivity index (χ2v) is 1.12. The van der Waals surface area contributed by atoms with Crippen LogP contribution in [0.5, 0.6) is 0 Å². The van der Waals surface area contributed by atoms with Gasteiger partial charge >= 0.3 is 51.4 Å². The molecule has 0 saturated heterocycles. The number of aliphatic hydroxyl groups is 1. The molecule has 0 rings (SSSR count). The van der Waals surface area contributed by atoms with Gasteiger partial charge in [-0.15, -0.1) is 0 Å². The van der Waals surface area contributed by atoms with E-state index >= 15 is 0 Å². The molecule has 2 heteroatoms. The van der Waals surface area contributed by atoms with Crippen molar-refractivity contribution in [2.45, 2.75) is 6.92 Å². The Morgan fingerprint density at radius 3 is 2.00 bits per heavy atom. The molecule has 0 bridgehead atoms. The SMILES string of the molecule is C=C(C)CO.[KH]. The molecule has 1 nitrogen and oxygen atoms in total. The van der Waals surface area contributed by atoms with Crippen molar-refractivity contribution < 1.29 is 5.11 Å². The van der Waals surface area contributed by atoms with Crippen LogP contribution in [-0.4, -0.2) is 63.1 Å². The van der Waals surface area contributed by atoms with Gasteiger partial charge in [0.05, 0.1) is 6.61 Å². The third kappa shape index (κ3) is 9.01. The van der Waals surface area contributed by atoms with Crippen molar-refractivity contribution in [3.05, 3.63) is 12.2 Å². The van der Waals surface area contributed by atoms with Gasteiger partial charge in [0.15, 0.2) is 0 Å². The van der Waals surface area contributed by atoms with Gasteiger partial charge in [-0.05, 0) is 6.92 Å². The van der Waals surface area contributed by atoms with Gasteiger partial charge in [0, 0.05) is 0 Å². The topological polar surface area (TPSA) is 20.2 Å². The molecule has 0 unspecified atom stereocenters.